The molecular weight excluding hydrogens is 472 g/mol. The van der Waals surface area contributed by atoms with Gasteiger partial charge in [-0.05, 0) is 62.8 Å². The van der Waals surface area contributed by atoms with Crippen LogP contribution in [0.5, 0.6) is 0 Å². The second kappa shape index (κ2) is 17.6. The molecule has 0 aliphatic rings. The van der Waals surface area contributed by atoms with Crippen molar-refractivity contribution in [2.45, 2.75) is 98.2 Å². The van der Waals surface area contributed by atoms with Gasteiger partial charge in [0.15, 0.2) is 0 Å². The number of allylic oxidation sites excluding steroid dienone is 2. The second-order valence-corrected chi connectivity index (χ2v) is 10.4. The van der Waals surface area contributed by atoms with E-state index in [0.717, 1.165) is 32.1 Å². The molecule has 0 saturated carbocycles. The fourth-order valence-electron chi connectivity index (χ4n) is 5.18. The molecule has 0 aromatic heterocycles. The Hall–Kier alpha value is -2.88. The lowest BCUT2D eigenvalue weighted by Gasteiger charge is -2.38. The highest BCUT2D eigenvalue weighted by Gasteiger charge is 2.39. The Balaban J connectivity index is 2.37. The van der Waals surface area contributed by atoms with Gasteiger partial charge in [0.25, 0.3) is 0 Å². The quantitative estimate of drug-likeness (QED) is 0.119. The standard InChI is InChI=1S/C34H48O4/c1-6-9-10-11-14-21-26(4)30(19-7-2)32(38-34(36)29-24-17-13-18-25-29)31(20-8-3)27(5)37-33(35)28-22-15-12-16-23-28/h12-18,21-27,30-32H,6-11,19-20H2,1-5H3. The van der Waals surface area contributed by atoms with Crippen LogP contribution in [0.1, 0.15) is 107 Å². The molecule has 5 atom stereocenters. The highest BCUT2D eigenvalue weighted by molar-refractivity contribution is 5.90. The summed E-state index contributed by atoms with van der Waals surface area (Å²) < 4.78 is 12.4. The van der Waals surface area contributed by atoms with Gasteiger partial charge in [0.05, 0.1) is 11.1 Å². The zero-order valence-corrected chi connectivity index (χ0v) is 24.1. The van der Waals surface area contributed by atoms with Crippen LogP contribution >= 0.6 is 0 Å². The van der Waals surface area contributed by atoms with Crippen molar-refractivity contribution in [1.29, 1.82) is 0 Å². The van der Waals surface area contributed by atoms with E-state index in [9.17, 15) is 9.59 Å². The maximum absolute atomic E-state index is 13.3. The average Bonchev–Trinajstić information content (AvgIpc) is 2.94. The number of ether oxygens (including phenoxy) is 2. The first-order valence-corrected chi connectivity index (χ1v) is 14.6. The van der Waals surface area contributed by atoms with Crippen LogP contribution in [0.4, 0.5) is 0 Å². The number of rotatable bonds is 17. The van der Waals surface area contributed by atoms with Crippen LogP contribution in [0, 0.1) is 17.8 Å². The van der Waals surface area contributed by atoms with Crippen molar-refractivity contribution in [2.24, 2.45) is 17.8 Å². The van der Waals surface area contributed by atoms with Crippen LogP contribution < -0.4 is 0 Å². The zero-order chi connectivity index (χ0) is 27.8. The topological polar surface area (TPSA) is 52.6 Å². The molecule has 2 aromatic carbocycles. The molecule has 0 spiro atoms. The number of benzene rings is 2. The lowest BCUT2D eigenvalue weighted by molar-refractivity contribution is -0.0571. The van der Waals surface area contributed by atoms with Gasteiger partial charge in [0.1, 0.15) is 12.2 Å². The summed E-state index contributed by atoms with van der Waals surface area (Å²) in [5.74, 6) is -0.444. The van der Waals surface area contributed by atoms with E-state index in [1.807, 2.05) is 43.3 Å². The first-order chi connectivity index (χ1) is 18.4. The number of esters is 2. The molecule has 4 nitrogen and oxygen atoms in total. The van der Waals surface area contributed by atoms with Crippen molar-refractivity contribution in [3.63, 3.8) is 0 Å². The lowest BCUT2D eigenvalue weighted by Crippen LogP contribution is -2.43. The molecule has 0 bridgehead atoms. The van der Waals surface area contributed by atoms with Gasteiger partial charge in [-0.3, -0.25) is 0 Å². The third-order valence-corrected chi connectivity index (χ3v) is 7.34. The summed E-state index contributed by atoms with van der Waals surface area (Å²) in [5, 5.41) is 0. The van der Waals surface area contributed by atoms with Crippen LogP contribution in [0.15, 0.2) is 72.8 Å². The molecule has 38 heavy (non-hydrogen) atoms. The highest BCUT2D eigenvalue weighted by atomic mass is 16.6. The summed E-state index contributed by atoms with van der Waals surface area (Å²) in [6.45, 7) is 10.7. The van der Waals surface area contributed by atoms with Crippen molar-refractivity contribution >= 4 is 11.9 Å². The van der Waals surface area contributed by atoms with E-state index in [2.05, 4.69) is 39.8 Å². The van der Waals surface area contributed by atoms with Gasteiger partial charge in [-0.1, -0.05) is 102 Å². The first kappa shape index (κ1) is 31.3. The van der Waals surface area contributed by atoms with E-state index in [4.69, 9.17) is 9.47 Å². The summed E-state index contributed by atoms with van der Waals surface area (Å²) in [6.07, 6.45) is 12.1. The van der Waals surface area contributed by atoms with E-state index in [-0.39, 0.29) is 35.8 Å². The predicted octanol–water partition coefficient (Wildman–Crippen LogP) is 9.06. The van der Waals surface area contributed by atoms with Crippen LogP contribution in [-0.4, -0.2) is 24.1 Å². The fraction of sp³-hybridized carbons (Fsp3) is 0.529. The zero-order valence-electron chi connectivity index (χ0n) is 24.1. The van der Waals surface area contributed by atoms with Crippen molar-refractivity contribution in [3.8, 4) is 0 Å². The summed E-state index contributed by atoms with van der Waals surface area (Å²) in [7, 11) is 0. The summed E-state index contributed by atoms with van der Waals surface area (Å²) >= 11 is 0. The van der Waals surface area contributed by atoms with Gasteiger partial charge in [-0.15, -0.1) is 0 Å². The van der Waals surface area contributed by atoms with E-state index in [1.54, 1.807) is 24.3 Å². The molecule has 0 aliphatic carbocycles. The molecular formula is C34H48O4. The molecule has 2 rings (SSSR count). The largest absolute Gasteiger partial charge is 0.459 e. The van der Waals surface area contributed by atoms with Crippen LogP contribution in [0.2, 0.25) is 0 Å². The van der Waals surface area contributed by atoms with E-state index in [0.29, 0.717) is 11.1 Å². The Bertz CT molecular complexity index is 953. The van der Waals surface area contributed by atoms with Crippen LogP contribution in [0.3, 0.4) is 0 Å². The number of carbonyl (C=O) groups is 2. The fourth-order valence-corrected chi connectivity index (χ4v) is 5.18. The minimum atomic E-state index is -0.406. The molecule has 0 amide bonds. The molecule has 0 heterocycles. The van der Waals surface area contributed by atoms with E-state index >= 15 is 0 Å². The third-order valence-electron chi connectivity index (χ3n) is 7.34. The van der Waals surface area contributed by atoms with Gasteiger partial charge in [-0.25, -0.2) is 9.59 Å². The van der Waals surface area contributed by atoms with Crippen molar-refractivity contribution in [3.05, 3.63) is 83.9 Å². The van der Waals surface area contributed by atoms with E-state index < -0.39 is 6.10 Å². The maximum atomic E-state index is 13.3. The minimum Gasteiger partial charge on any atom is -0.459 e. The molecule has 208 valence electrons. The number of hydrogen-bond acceptors (Lipinski definition) is 4. The Morgan fingerprint density at radius 2 is 1.24 bits per heavy atom. The molecule has 4 heteroatoms. The van der Waals surface area contributed by atoms with Gasteiger partial charge >= 0.3 is 11.9 Å². The summed E-state index contributed by atoms with van der Waals surface area (Å²) in [6, 6.07) is 18.3. The molecule has 0 fully saturated rings. The van der Waals surface area contributed by atoms with E-state index in [1.165, 1.54) is 19.3 Å². The molecule has 2 aromatic rings. The smallest absolute Gasteiger partial charge is 0.338 e. The molecule has 0 aliphatic heterocycles. The van der Waals surface area contributed by atoms with Crippen molar-refractivity contribution < 1.29 is 19.1 Å². The Labute approximate surface area is 230 Å². The molecule has 0 saturated heterocycles. The minimum absolute atomic E-state index is 0.115. The van der Waals surface area contributed by atoms with Gasteiger partial charge in [-0.2, -0.15) is 0 Å². The lowest BCUT2D eigenvalue weighted by atomic mass is 9.76. The molecule has 5 unspecified atom stereocenters. The van der Waals surface area contributed by atoms with Crippen molar-refractivity contribution in [2.75, 3.05) is 0 Å². The van der Waals surface area contributed by atoms with Gasteiger partial charge in [0.2, 0.25) is 0 Å². The highest BCUT2D eigenvalue weighted by Crippen LogP contribution is 2.35. The van der Waals surface area contributed by atoms with Crippen molar-refractivity contribution in [1.82, 2.24) is 0 Å². The molecule has 0 N–H and O–H groups in total. The van der Waals surface area contributed by atoms with Gasteiger partial charge < -0.3 is 9.47 Å². The van der Waals surface area contributed by atoms with Gasteiger partial charge in [0, 0.05) is 11.8 Å². The second-order valence-electron chi connectivity index (χ2n) is 10.4. The predicted molar refractivity (Wildman–Crippen MR) is 156 cm³/mol. The number of unbranched alkanes of at least 4 members (excludes halogenated alkanes) is 3. The Morgan fingerprint density at radius 3 is 1.76 bits per heavy atom. The number of hydrogen-bond donors (Lipinski definition) is 0. The summed E-state index contributed by atoms with van der Waals surface area (Å²) in [5.41, 5.74) is 1.07. The Kier molecular flexibility index (Phi) is 14.5. The van der Waals surface area contributed by atoms with Crippen LogP contribution in [0.25, 0.3) is 0 Å². The average molecular weight is 521 g/mol. The Morgan fingerprint density at radius 1 is 0.711 bits per heavy atom. The number of carbonyl (C=O) groups excluding carboxylic acids is 2. The maximum Gasteiger partial charge on any atom is 0.338 e. The first-order valence-electron chi connectivity index (χ1n) is 14.6. The normalized spacial score (nSPS) is 15.4. The summed E-state index contributed by atoms with van der Waals surface area (Å²) in [4.78, 5) is 26.3. The molecule has 0 radical (unpaired) electrons. The van der Waals surface area contributed by atoms with Crippen LogP contribution in [-0.2, 0) is 9.47 Å². The third kappa shape index (κ3) is 10.1. The monoisotopic (exact) mass is 520 g/mol. The SMILES string of the molecule is CCCCCC=CC(C)C(CCC)C(OC(=O)c1ccccc1)C(CCC)C(C)OC(=O)c1ccccc1.